The third kappa shape index (κ3) is 2.99. The summed E-state index contributed by atoms with van der Waals surface area (Å²) < 4.78 is 0. The second kappa shape index (κ2) is 5.07. The Morgan fingerprint density at radius 2 is 2.35 bits per heavy atom. The van der Waals surface area contributed by atoms with Crippen LogP contribution in [0.2, 0.25) is 5.02 Å². The molecular weight excluding hydrogens is 238 g/mol. The largest absolute Gasteiger partial charge is 0.481 e. The number of likely N-dealkylation sites (tertiary alicyclic amines) is 1. The molecule has 0 radical (unpaired) electrons. The van der Waals surface area contributed by atoms with Gasteiger partial charge in [0, 0.05) is 18.1 Å². The molecule has 3 nitrogen and oxygen atoms in total. The number of carboxylic acid groups (broad SMARTS) is 1. The fourth-order valence-corrected chi connectivity index (χ4v) is 2.37. The van der Waals surface area contributed by atoms with Crippen molar-refractivity contribution >= 4 is 17.6 Å². The second-order valence-electron chi connectivity index (χ2n) is 4.64. The van der Waals surface area contributed by atoms with Crippen LogP contribution < -0.4 is 0 Å². The quantitative estimate of drug-likeness (QED) is 0.900. The number of benzene rings is 1. The van der Waals surface area contributed by atoms with Gasteiger partial charge in [0.25, 0.3) is 0 Å². The van der Waals surface area contributed by atoms with Crippen molar-refractivity contribution in [3.8, 4) is 0 Å². The maximum Gasteiger partial charge on any atom is 0.307 e. The van der Waals surface area contributed by atoms with E-state index in [1.807, 2.05) is 19.1 Å². The van der Waals surface area contributed by atoms with Crippen molar-refractivity contribution in [3.63, 3.8) is 0 Å². The Balaban J connectivity index is 1.98. The first-order chi connectivity index (χ1) is 8.06. The molecule has 0 aliphatic carbocycles. The Labute approximate surface area is 106 Å². The third-order valence-electron chi connectivity index (χ3n) is 3.26. The van der Waals surface area contributed by atoms with E-state index in [9.17, 15) is 4.79 Å². The van der Waals surface area contributed by atoms with Crippen molar-refractivity contribution in [2.75, 3.05) is 13.1 Å². The highest BCUT2D eigenvalue weighted by atomic mass is 35.5. The van der Waals surface area contributed by atoms with Crippen LogP contribution in [0.4, 0.5) is 0 Å². The number of hydrogen-bond acceptors (Lipinski definition) is 2. The monoisotopic (exact) mass is 253 g/mol. The molecule has 0 aromatic heterocycles. The van der Waals surface area contributed by atoms with E-state index in [4.69, 9.17) is 16.7 Å². The summed E-state index contributed by atoms with van der Waals surface area (Å²) in [6.45, 7) is 4.25. The molecule has 4 heteroatoms. The minimum atomic E-state index is -0.686. The number of rotatable bonds is 3. The van der Waals surface area contributed by atoms with E-state index in [0.29, 0.717) is 6.54 Å². The van der Waals surface area contributed by atoms with E-state index in [-0.39, 0.29) is 5.92 Å². The lowest BCUT2D eigenvalue weighted by atomic mass is 10.1. The van der Waals surface area contributed by atoms with Crippen LogP contribution in [0.1, 0.15) is 17.5 Å². The van der Waals surface area contributed by atoms with Crippen molar-refractivity contribution in [1.29, 1.82) is 0 Å². The smallest absolute Gasteiger partial charge is 0.307 e. The van der Waals surface area contributed by atoms with Gasteiger partial charge in [0.15, 0.2) is 0 Å². The lowest BCUT2D eigenvalue weighted by Crippen LogP contribution is -2.22. The van der Waals surface area contributed by atoms with Crippen molar-refractivity contribution in [2.24, 2.45) is 5.92 Å². The first kappa shape index (κ1) is 12.4. The minimum Gasteiger partial charge on any atom is -0.481 e. The van der Waals surface area contributed by atoms with E-state index in [1.165, 1.54) is 0 Å². The predicted molar refractivity (Wildman–Crippen MR) is 67.2 cm³/mol. The molecule has 92 valence electrons. The van der Waals surface area contributed by atoms with Gasteiger partial charge in [-0.15, -0.1) is 0 Å². The predicted octanol–water partition coefficient (Wildman–Crippen LogP) is 2.55. The lowest BCUT2D eigenvalue weighted by molar-refractivity contribution is -0.141. The number of nitrogens with zero attached hydrogens (tertiary/aromatic N) is 1. The molecular formula is C13H16ClNO2. The summed E-state index contributed by atoms with van der Waals surface area (Å²) in [5, 5.41) is 9.70. The lowest BCUT2D eigenvalue weighted by Gasteiger charge is -2.15. The van der Waals surface area contributed by atoms with Crippen molar-refractivity contribution in [3.05, 3.63) is 34.3 Å². The SMILES string of the molecule is Cc1ccc(CN2CCC(C(=O)O)C2)cc1Cl. The molecule has 2 rings (SSSR count). The fourth-order valence-electron chi connectivity index (χ4n) is 2.17. The number of aryl methyl sites for hydroxylation is 1. The van der Waals surface area contributed by atoms with Gasteiger partial charge in [-0.3, -0.25) is 9.69 Å². The van der Waals surface area contributed by atoms with E-state index >= 15 is 0 Å². The average molecular weight is 254 g/mol. The number of carbonyl (C=O) groups is 1. The Morgan fingerprint density at radius 3 is 2.94 bits per heavy atom. The Bertz CT molecular complexity index is 433. The normalized spacial score (nSPS) is 20.7. The summed E-state index contributed by atoms with van der Waals surface area (Å²) in [7, 11) is 0. The maximum atomic E-state index is 10.9. The minimum absolute atomic E-state index is 0.212. The van der Waals surface area contributed by atoms with Crippen LogP contribution in [-0.2, 0) is 11.3 Å². The Kier molecular flexibility index (Phi) is 3.69. The van der Waals surface area contributed by atoms with E-state index < -0.39 is 5.97 Å². The zero-order valence-corrected chi connectivity index (χ0v) is 10.6. The van der Waals surface area contributed by atoms with Crippen LogP contribution in [0.15, 0.2) is 18.2 Å². The summed E-state index contributed by atoms with van der Waals surface area (Å²) in [6, 6.07) is 6.02. The third-order valence-corrected chi connectivity index (χ3v) is 3.67. The van der Waals surface area contributed by atoms with Crippen molar-refractivity contribution in [2.45, 2.75) is 19.9 Å². The molecule has 0 saturated carbocycles. The van der Waals surface area contributed by atoms with Gasteiger partial charge in [-0.25, -0.2) is 0 Å². The Morgan fingerprint density at radius 1 is 1.59 bits per heavy atom. The van der Waals surface area contributed by atoms with Gasteiger partial charge in [-0.1, -0.05) is 23.7 Å². The van der Waals surface area contributed by atoms with E-state index in [2.05, 4.69) is 11.0 Å². The van der Waals surface area contributed by atoms with Crippen LogP contribution in [0, 0.1) is 12.8 Å². The highest BCUT2D eigenvalue weighted by molar-refractivity contribution is 6.31. The van der Waals surface area contributed by atoms with Gasteiger partial charge >= 0.3 is 5.97 Å². The van der Waals surface area contributed by atoms with Crippen LogP contribution in [0.3, 0.4) is 0 Å². The van der Waals surface area contributed by atoms with Crippen LogP contribution in [0.25, 0.3) is 0 Å². The number of aliphatic carboxylic acids is 1. The molecule has 1 heterocycles. The molecule has 17 heavy (non-hydrogen) atoms. The van der Waals surface area contributed by atoms with Crippen molar-refractivity contribution in [1.82, 2.24) is 4.90 Å². The molecule has 0 bridgehead atoms. The van der Waals surface area contributed by atoms with Crippen molar-refractivity contribution < 1.29 is 9.90 Å². The molecule has 0 spiro atoms. The molecule has 1 N–H and O–H groups in total. The molecule has 1 saturated heterocycles. The van der Waals surface area contributed by atoms with Crippen LogP contribution in [-0.4, -0.2) is 29.1 Å². The van der Waals surface area contributed by atoms with E-state index in [1.54, 1.807) is 0 Å². The van der Waals surface area contributed by atoms with Crippen LogP contribution in [0.5, 0.6) is 0 Å². The molecule has 1 aromatic carbocycles. The molecule has 1 aliphatic heterocycles. The second-order valence-corrected chi connectivity index (χ2v) is 5.05. The highest BCUT2D eigenvalue weighted by Gasteiger charge is 2.27. The molecule has 1 aromatic rings. The van der Waals surface area contributed by atoms with Gasteiger partial charge in [0.1, 0.15) is 0 Å². The summed E-state index contributed by atoms with van der Waals surface area (Å²) in [5.41, 5.74) is 2.21. The standard InChI is InChI=1S/C13H16ClNO2/c1-9-2-3-10(6-12(9)14)7-15-5-4-11(8-15)13(16)17/h2-3,6,11H,4-5,7-8H2,1H3,(H,16,17). The van der Waals surface area contributed by atoms with Gasteiger partial charge in [-0.2, -0.15) is 0 Å². The van der Waals surface area contributed by atoms with Gasteiger partial charge in [-0.05, 0) is 37.1 Å². The van der Waals surface area contributed by atoms with Gasteiger partial charge in [0.2, 0.25) is 0 Å². The molecule has 1 unspecified atom stereocenters. The van der Waals surface area contributed by atoms with Crippen LogP contribution >= 0.6 is 11.6 Å². The summed E-state index contributed by atoms with van der Waals surface area (Å²) in [5.74, 6) is -0.898. The number of carboxylic acids is 1. The van der Waals surface area contributed by atoms with Gasteiger partial charge < -0.3 is 5.11 Å². The fraction of sp³-hybridized carbons (Fsp3) is 0.462. The molecule has 1 fully saturated rings. The van der Waals surface area contributed by atoms with E-state index in [0.717, 1.165) is 35.7 Å². The molecule has 1 aliphatic rings. The average Bonchev–Trinajstić information content (AvgIpc) is 2.72. The van der Waals surface area contributed by atoms with Gasteiger partial charge in [0.05, 0.1) is 5.92 Å². The summed E-state index contributed by atoms with van der Waals surface area (Å²) in [6.07, 6.45) is 0.745. The highest BCUT2D eigenvalue weighted by Crippen LogP contribution is 2.21. The Hall–Kier alpha value is -1.06. The zero-order chi connectivity index (χ0) is 12.4. The number of hydrogen-bond donors (Lipinski definition) is 1. The first-order valence-corrected chi connectivity index (χ1v) is 6.14. The summed E-state index contributed by atoms with van der Waals surface area (Å²) >= 11 is 6.07. The molecule has 0 amide bonds. The first-order valence-electron chi connectivity index (χ1n) is 5.76. The number of halogens is 1. The zero-order valence-electron chi connectivity index (χ0n) is 9.82. The topological polar surface area (TPSA) is 40.5 Å². The maximum absolute atomic E-state index is 10.9. The molecule has 1 atom stereocenters. The summed E-state index contributed by atoms with van der Waals surface area (Å²) in [4.78, 5) is 13.0.